The van der Waals surface area contributed by atoms with Crippen molar-refractivity contribution < 1.29 is 53.7 Å². The van der Waals surface area contributed by atoms with Crippen LogP contribution in [0.4, 0.5) is 45.5 Å². The van der Waals surface area contributed by atoms with Crippen LogP contribution in [0.1, 0.15) is 16.7 Å². The standard InChI is InChI=1S/C38H30N8O13S3/c1-21-15-32(44-45-37-36(62(56,57)58)17-24-16-27(12-14-30(24)38(37)47)41-40-26-10-7-25(39)8-11-26)33(59-2)20-31(21)43-42-28-9-5-22(34(18-28)60(50,51)52)3-4-23-6-13-29(46(48)49)19-35(23)61(53,54)55/h3-20,47H,39H2,1-2H3,(H,50,51,52)(H,53,54,55)(H,56,57,58)/b4-3+,41-40?,43-42?,45-44?. The van der Waals surface area contributed by atoms with Crippen LogP contribution in [0, 0.1) is 17.0 Å². The quantitative estimate of drug-likeness (QED) is 0.0180. The van der Waals surface area contributed by atoms with Crippen LogP contribution >= 0.6 is 0 Å². The Morgan fingerprint density at radius 3 is 1.77 bits per heavy atom. The molecule has 6 aromatic rings. The molecule has 6 rings (SSSR count). The van der Waals surface area contributed by atoms with Gasteiger partial charge in [0.1, 0.15) is 31.8 Å². The average molecular weight is 903 g/mol. The van der Waals surface area contributed by atoms with Gasteiger partial charge >= 0.3 is 0 Å². The zero-order chi connectivity index (χ0) is 45.1. The minimum atomic E-state index is -4.98. The van der Waals surface area contributed by atoms with Crippen molar-refractivity contribution >= 4 is 98.8 Å². The molecule has 0 fully saturated rings. The van der Waals surface area contributed by atoms with Gasteiger partial charge in [-0.3, -0.25) is 23.8 Å². The Morgan fingerprint density at radius 1 is 0.629 bits per heavy atom. The van der Waals surface area contributed by atoms with Crippen molar-refractivity contribution in [1.29, 1.82) is 0 Å². The molecule has 0 heterocycles. The maximum atomic E-state index is 12.5. The van der Waals surface area contributed by atoms with E-state index in [1.807, 2.05) is 0 Å². The third kappa shape index (κ3) is 10.1. The summed E-state index contributed by atoms with van der Waals surface area (Å²) in [6, 6.07) is 21.0. The number of aromatic hydroxyl groups is 1. The van der Waals surface area contributed by atoms with E-state index >= 15 is 0 Å². The van der Waals surface area contributed by atoms with Crippen LogP contribution in [0.2, 0.25) is 0 Å². The zero-order valence-corrected chi connectivity index (χ0v) is 34.2. The molecule has 0 saturated heterocycles. The molecular formula is C38H30N8O13S3. The van der Waals surface area contributed by atoms with E-state index in [-0.39, 0.29) is 44.7 Å². The van der Waals surface area contributed by atoms with Crippen molar-refractivity contribution in [2.45, 2.75) is 21.6 Å². The number of nitrogens with two attached hydrogens (primary N) is 1. The molecule has 24 heteroatoms. The van der Waals surface area contributed by atoms with E-state index in [2.05, 4.69) is 30.7 Å². The van der Waals surface area contributed by atoms with E-state index < -0.39 is 67.1 Å². The highest BCUT2D eigenvalue weighted by molar-refractivity contribution is 7.86. The molecule has 62 heavy (non-hydrogen) atoms. The smallest absolute Gasteiger partial charge is 0.296 e. The zero-order valence-electron chi connectivity index (χ0n) is 31.8. The molecular weight excluding hydrogens is 873 g/mol. The number of nitro groups is 1. The molecule has 0 atom stereocenters. The van der Waals surface area contributed by atoms with Gasteiger partial charge in [-0.05, 0) is 102 Å². The normalized spacial score (nSPS) is 12.7. The SMILES string of the molecule is COc1cc(N=Nc2ccc(/C=C/c3ccc([N+](=O)[O-])cc3S(=O)(=O)O)c(S(=O)(=O)O)c2)c(C)cc1N=Nc1c(S(=O)(=O)O)cc2cc(N=Nc3ccc(N)cc3)ccc2c1O. The van der Waals surface area contributed by atoms with Gasteiger partial charge in [-0.25, -0.2) is 0 Å². The fourth-order valence-corrected chi connectivity index (χ4v) is 7.77. The summed E-state index contributed by atoms with van der Waals surface area (Å²) in [5, 5.41) is 47.1. The van der Waals surface area contributed by atoms with E-state index in [0.29, 0.717) is 28.7 Å². The van der Waals surface area contributed by atoms with E-state index in [4.69, 9.17) is 10.5 Å². The maximum absolute atomic E-state index is 12.5. The number of hydrogen-bond acceptors (Lipinski definition) is 17. The van der Waals surface area contributed by atoms with Gasteiger partial charge in [-0.1, -0.05) is 18.2 Å². The number of methoxy groups -OCH3 is 1. The van der Waals surface area contributed by atoms with Crippen LogP contribution in [0.25, 0.3) is 22.9 Å². The van der Waals surface area contributed by atoms with Crippen molar-refractivity contribution in [2.24, 2.45) is 30.7 Å². The molecule has 0 radical (unpaired) electrons. The molecule has 0 aliphatic heterocycles. The molecule has 0 spiro atoms. The van der Waals surface area contributed by atoms with Gasteiger partial charge in [0.15, 0.2) is 5.75 Å². The van der Waals surface area contributed by atoms with Crippen LogP contribution < -0.4 is 10.5 Å². The van der Waals surface area contributed by atoms with E-state index in [0.717, 1.165) is 36.4 Å². The van der Waals surface area contributed by atoms with Gasteiger partial charge in [-0.2, -0.15) is 45.7 Å². The van der Waals surface area contributed by atoms with Crippen molar-refractivity contribution in [3.63, 3.8) is 0 Å². The first-order valence-electron chi connectivity index (χ1n) is 17.2. The number of phenols is 1. The highest BCUT2D eigenvalue weighted by Gasteiger charge is 2.23. The Labute approximate surface area is 351 Å². The van der Waals surface area contributed by atoms with E-state index in [9.17, 15) is 54.1 Å². The van der Waals surface area contributed by atoms with Crippen molar-refractivity contribution in [3.8, 4) is 11.5 Å². The predicted molar refractivity (Wildman–Crippen MR) is 225 cm³/mol. The van der Waals surface area contributed by atoms with Crippen LogP contribution in [0.3, 0.4) is 0 Å². The summed E-state index contributed by atoms with van der Waals surface area (Å²) in [6.07, 6.45) is 2.15. The lowest BCUT2D eigenvalue weighted by molar-refractivity contribution is -0.385. The van der Waals surface area contributed by atoms with Crippen LogP contribution in [0.5, 0.6) is 11.5 Å². The van der Waals surface area contributed by atoms with E-state index in [1.165, 1.54) is 49.6 Å². The van der Waals surface area contributed by atoms with Gasteiger partial charge in [0, 0.05) is 29.3 Å². The number of hydrogen-bond donors (Lipinski definition) is 5. The summed E-state index contributed by atoms with van der Waals surface area (Å²) in [4.78, 5) is 8.00. The van der Waals surface area contributed by atoms with Crippen LogP contribution in [-0.2, 0) is 30.4 Å². The Balaban J connectivity index is 1.30. The number of phenolic OH excluding ortho intramolecular Hbond substituents is 1. The second kappa shape index (κ2) is 17.3. The van der Waals surface area contributed by atoms with Crippen molar-refractivity contribution in [1.82, 2.24) is 0 Å². The monoisotopic (exact) mass is 902 g/mol. The molecule has 21 nitrogen and oxygen atoms in total. The Kier molecular flexibility index (Phi) is 12.4. The fourth-order valence-electron chi connectivity index (χ4n) is 5.70. The number of anilines is 1. The lowest BCUT2D eigenvalue weighted by Gasteiger charge is -2.10. The molecule has 0 saturated carbocycles. The lowest BCUT2D eigenvalue weighted by atomic mass is 10.1. The lowest BCUT2D eigenvalue weighted by Crippen LogP contribution is -2.02. The Hall–Kier alpha value is -7.35. The molecule has 0 amide bonds. The van der Waals surface area contributed by atoms with Crippen molar-refractivity contribution in [2.75, 3.05) is 12.8 Å². The molecule has 6 aromatic carbocycles. The molecule has 0 aliphatic rings. The average Bonchev–Trinajstić information content (AvgIpc) is 3.20. The highest BCUT2D eigenvalue weighted by atomic mass is 32.2. The summed E-state index contributed by atoms with van der Waals surface area (Å²) in [7, 11) is -13.6. The number of nitrogens with zero attached hydrogens (tertiary/aromatic N) is 7. The number of nitrogen functional groups attached to an aromatic ring is 1. The number of ether oxygens (including phenoxy) is 1. The van der Waals surface area contributed by atoms with Gasteiger partial charge in [0.2, 0.25) is 0 Å². The molecule has 0 unspecified atom stereocenters. The summed E-state index contributed by atoms with van der Waals surface area (Å²) in [5.74, 6) is -0.588. The third-order valence-corrected chi connectivity index (χ3v) is 11.4. The van der Waals surface area contributed by atoms with Gasteiger partial charge in [0.05, 0.1) is 34.8 Å². The number of rotatable bonds is 13. The maximum Gasteiger partial charge on any atom is 0.296 e. The summed E-state index contributed by atoms with van der Waals surface area (Å²) in [5.41, 5.74) is 5.95. The van der Waals surface area contributed by atoms with Gasteiger partial charge < -0.3 is 15.6 Å². The minimum absolute atomic E-state index is 0.0261. The Morgan fingerprint density at radius 2 is 1.16 bits per heavy atom. The first-order valence-corrected chi connectivity index (χ1v) is 21.6. The number of aryl methyl sites for hydroxylation is 1. The largest absolute Gasteiger partial charge is 0.505 e. The summed E-state index contributed by atoms with van der Waals surface area (Å²) < 4.78 is 109. The highest BCUT2D eigenvalue weighted by Crippen LogP contribution is 2.44. The number of azo groups is 3. The number of fused-ring (bicyclic) bond motifs is 1. The van der Waals surface area contributed by atoms with Gasteiger partial charge in [-0.15, -0.1) is 10.2 Å². The predicted octanol–water partition coefficient (Wildman–Crippen LogP) is 9.51. The first kappa shape index (κ1) is 44.2. The molecule has 0 aliphatic carbocycles. The second-order valence-corrected chi connectivity index (χ2v) is 17.1. The van der Waals surface area contributed by atoms with Crippen molar-refractivity contribution in [3.05, 3.63) is 124 Å². The van der Waals surface area contributed by atoms with Gasteiger partial charge in [0.25, 0.3) is 36.0 Å². The fraction of sp³-hybridized carbons (Fsp3) is 0.0526. The molecule has 0 aromatic heterocycles. The first-order chi connectivity index (χ1) is 29.1. The molecule has 0 bridgehead atoms. The number of nitro benzene ring substituents is 1. The third-order valence-electron chi connectivity index (χ3n) is 8.72. The molecule has 6 N–H and O–H groups in total. The summed E-state index contributed by atoms with van der Waals surface area (Å²) in [6.45, 7) is 1.59. The van der Waals surface area contributed by atoms with E-state index in [1.54, 1.807) is 31.2 Å². The van der Waals surface area contributed by atoms with Crippen LogP contribution in [-0.4, -0.2) is 56.1 Å². The minimum Gasteiger partial charge on any atom is -0.505 e. The number of non-ortho nitro benzene ring substituents is 1. The number of benzene rings is 6. The second-order valence-electron chi connectivity index (χ2n) is 12.9. The summed E-state index contributed by atoms with van der Waals surface area (Å²) >= 11 is 0. The van der Waals surface area contributed by atoms with Crippen LogP contribution in [0.15, 0.2) is 142 Å². The topological polar surface area (TPSA) is 336 Å². The molecule has 318 valence electrons. The Bertz CT molecular complexity index is 3270.